The molecule has 0 spiro atoms. The lowest BCUT2D eigenvalue weighted by atomic mass is 9.91. The second-order valence-corrected chi connectivity index (χ2v) is 10.2. The molecule has 4 aromatic rings. The summed E-state index contributed by atoms with van der Waals surface area (Å²) in [5.41, 5.74) is 5.23. The zero-order chi connectivity index (χ0) is 28.1. The summed E-state index contributed by atoms with van der Waals surface area (Å²) in [7, 11) is 3.27. The predicted octanol–water partition coefficient (Wildman–Crippen LogP) is 7.86. The third kappa shape index (κ3) is 5.74. The fourth-order valence-electron chi connectivity index (χ4n) is 5.19. The van der Waals surface area contributed by atoms with Gasteiger partial charge in [-0.05, 0) is 71.3 Å². The lowest BCUT2D eigenvalue weighted by molar-refractivity contribution is 0.284. The molecule has 1 aliphatic rings. The van der Waals surface area contributed by atoms with Crippen LogP contribution in [0, 0.1) is 23.1 Å². The molecular formula is C34H33FN2O3. The maximum atomic E-state index is 14.9. The van der Waals surface area contributed by atoms with Gasteiger partial charge in [0.05, 0.1) is 19.8 Å². The Bertz CT molecular complexity index is 1520. The topological polar surface area (TPSA) is 54.7 Å². The van der Waals surface area contributed by atoms with Gasteiger partial charge in [-0.15, -0.1) is 0 Å². The lowest BCUT2D eigenvalue weighted by Crippen LogP contribution is -2.32. The summed E-state index contributed by atoms with van der Waals surface area (Å²) in [6.45, 7) is 4.57. The second-order valence-electron chi connectivity index (χ2n) is 10.2. The molecule has 40 heavy (non-hydrogen) atoms. The SMILES string of the molecule is COc1ccc(-c2c(OC)cc(N3CCC(C)CC3)cc2-c2ccc(C#N)c(F)c2)cc1OCc1ccccc1. The minimum atomic E-state index is -0.552. The van der Waals surface area contributed by atoms with Crippen LogP contribution in [0.25, 0.3) is 22.3 Å². The third-order valence-corrected chi connectivity index (χ3v) is 7.55. The van der Waals surface area contributed by atoms with E-state index in [-0.39, 0.29) is 5.56 Å². The number of nitriles is 1. The van der Waals surface area contributed by atoms with Crippen molar-refractivity contribution in [2.75, 3.05) is 32.2 Å². The van der Waals surface area contributed by atoms with E-state index in [1.165, 1.54) is 12.1 Å². The van der Waals surface area contributed by atoms with Crippen molar-refractivity contribution in [3.8, 4) is 45.6 Å². The zero-order valence-corrected chi connectivity index (χ0v) is 23.1. The van der Waals surface area contributed by atoms with Crippen LogP contribution < -0.4 is 19.1 Å². The molecule has 1 heterocycles. The van der Waals surface area contributed by atoms with Crippen LogP contribution in [0.1, 0.15) is 30.9 Å². The van der Waals surface area contributed by atoms with Crippen LogP contribution in [0.2, 0.25) is 0 Å². The normalized spacial score (nSPS) is 13.5. The van der Waals surface area contributed by atoms with Crippen molar-refractivity contribution in [2.45, 2.75) is 26.4 Å². The molecule has 5 rings (SSSR count). The van der Waals surface area contributed by atoms with Crippen molar-refractivity contribution < 1.29 is 18.6 Å². The minimum Gasteiger partial charge on any atom is -0.496 e. The molecule has 0 amide bonds. The zero-order valence-electron chi connectivity index (χ0n) is 23.1. The second kappa shape index (κ2) is 12.1. The number of halogens is 1. The molecule has 0 N–H and O–H groups in total. The molecule has 1 saturated heterocycles. The fraction of sp³-hybridized carbons (Fsp3) is 0.265. The molecule has 6 heteroatoms. The average Bonchev–Trinajstić information content (AvgIpc) is 3.00. The Balaban J connectivity index is 1.64. The van der Waals surface area contributed by atoms with Crippen LogP contribution in [0.3, 0.4) is 0 Å². The Morgan fingerprint density at radius 3 is 2.25 bits per heavy atom. The Kier molecular flexibility index (Phi) is 8.21. The number of hydrogen-bond acceptors (Lipinski definition) is 5. The van der Waals surface area contributed by atoms with Gasteiger partial charge in [0.1, 0.15) is 24.2 Å². The summed E-state index contributed by atoms with van der Waals surface area (Å²) < 4.78 is 32.7. The van der Waals surface area contributed by atoms with Crippen molar-refractivity contribution in [1.82, 2.24) is 0 Å². The highest BCUT2D eigenvalue weighted by Gasteiger charge is 2.22. The van der Waals surface area contributed by atoms with E-state index in [1.807, 2.05) is 54.6 Å². The van der Waals surface area contributed by atoms with Crippen LogP contribution in [0.4, 0.5) is 10.1 Å². The molecule has 0 aromatic heterocycles. The quantitative estimate of drug-likeness (QED) is 0.229. The average molecular weight is 537 g/mol. The summed E-state index contributed by atoms with van der Waals surface area (Å²) >= 11 is 0. The smallest absolute Gasteiger partial charge is 0.162 e. The number of piperidine rings is 1. The van der Waals surface area contributed by atoms with Gasteiger partial charge in [0.25, 0.3) is 0 Å². The van der Waals surface area contributed by atoms with Crippen molar-refractivity contribution in [1.29, 1.82) is 5.26 Å². The number of hydrogen-bond donors (Lipinski definition) is 0. The highest BCUT2D eigenvalue weighted by Crippen LogP contribution is 2.45. The summed E-state index contributed by atoms with van der Waals surface area (Å²) in [4.78, 5) is 2.36. The van der Waals surface area contributed by atoms with Crippen LogP contribution >= 0.6 is 0 Å². The van der Waals surface area contributed by atoms with Gasteiger partial charge in [-0.3, -0.25) is 0 Å². The van der Waals surface area contributed by atoms with E-state index in [9.17, 15) is 9.65 Å². The number of ether oxygens (including phenoxy) is 3. The van der Waals surface area contributed by atoms with Crippen molar-refractivity contribution in [2.24, 2.45) is 5.92 Å². The molecule has 1 aliphatic heterocycles. The summed E-state index contributed by atoms with van der Waals surface area (Å²) in [6.07, 6.45) is 2.23. The highest BCUT2D eigenvalue weighted by molar-refractivity contribution is 5.91. The first-order valence-electron chi connectivity index (χ1n) is 13.5. The van der Waals surface area contributed by atoms with E-state index in [0.717, 1.165) is 53.9 Å². The third-order valence-electron chi connectivity index (χ3n) is 7.55. The standard InChI is InChI=1S/C34H33FN2O3/c1-23-13-15-37(16-14-23)28-19-29(25-9-10-27(21-36)30(35)17-25)34(33(20-28)39-3)26-11-12-31(38-2)32(18-26)40-22-24-7-5-4-6-8-24/h4-12,17-20,23H,13-16,22H2,1-3H3. The Morgan fingerprint density at radius 1 is 0.850 bits per heavy atom. The van der Waals surface area contributed by atoms with E-state index in [2.05, 4.69) is 24.0 Å². The van der Waals surface area contributed by atoms with Gasteiger partial charge in [0.2, 0.25) is 0 Å². The number of methoxy groups -OCH3 is 2. The minimum absolute atomic E-state index is 0.0134. The first-order valence-corrected chi connectivity index (χ1v) is 13.5. The van der Waals surface area contributed by atoms with Gasteiger partial charge < -0.3 is 19.1 Å². The van der Waals surface area contributed by atoms with Gasteiger partial charge in [-0.25, -0.2) is 4.39 Å². The molecule has 0 saturated carbocycles. The van der Waals surface area contributed by atoms with Gasteiger partial charge in [0, 0.05) is 30.4 Å². The monoisotopic (exact) mass is 536 g/mol. The first-order chi connectivity index (χ1) is 19.5. The van der Waals surface area contributed by atoms with Gasteiger partial charge in [-0.1, -0.05) is 49.4 Å². The summed E-state index contributed by atoms with van der Waals surface area (Å²) in [5, 5.41) is 9.30. The summed E-state index contributed by atoms with van der Waals surface area (Å²) in [6, 6.07) is 26.5. The Morgan fingerprint density at radius 2 is 1.57 bits per heavy atom. The number of nitrogens with zero attached hydrogens (tertiary/aromatic N) is 2. The fourth-order valence-corrected chi connectivity index (χ4v) is 5.19. The van der Waals surface area contributed by atoms with Crippen LogP contribution in [-0.2, 0) is 6.61 Å². The molecule has 0 aliphatic carbocycles. The molecule has 0 radical (unpaired) electrons. The largest absolute Gasteiger partial charge is 0.496 e. The predicted molar refractivity (Wildman–Crippen MR) is 156 cm³/mol. The molecule has 0 atom stereocenters. The van der Waals surface area contributed by atoms with Crippen LogP contribution in [0.15, 0.2) is 78.9 Å². The Labute approximate surface area is 235 Å². The molecule has 1 fully saturated rings. The van der Waals surface area contributed by atoms with Crippen LogP contribution in [0.5, 0.6) is 17.2 Å². The maximum absolute atomic E-state index is 14.9. The van der Waals surface area contributed by atoms with E-state index >= 15 is 0 Å². The molecule has 0 unspecified atom stereocenters. The molecule has 0 bridgehead atoms. The van der Waals surface area contributed by atoms with E-state index < -0.39 is 5.82 Å². The van der Waals surface area contributed by atoms with Crippen molar-refractivity contribution >= 4 is 5.69 Å². The van der Waals surface area contributed by atoms with E-state index in [1.54, 1.807) is 20.3 Å². The van der Waals surface area contributed by atoms with E-state index in [0.29, 0.717) is 35.3 Å². The molecule has 4 aromatic carbocycles. The van der Waals surface area contributed by atoms with Gasteiger partial charge in [-0.2, -0.15) is 5.26 Å². The summed E-state index contributed by atoms with van der Waals surface area (Å²) in [5.74, 6) is 2.03. The highest BCUT2D eigenvalue weighted by atomic mass is 19.1. The maximum Gasteiger partial charge on any atom is 0.162 e. The lowest BCUT2D eigenvalue weighted by Gasteiger charge is -2.33. The Hall–Kier alpha value is -4.50. The first kappa shape index (κ1) is 27.1. The molecule has 204 valence electrons. The van der Waals surface area contributed by atoms with Gasteiger partial charge in [0.15, 0.2) is 11.5 Å². The van der Waals surface area contributed by atoms with E-state index in [4.69, 9.17) is 14.2 Å². The van der Waals surface area contributed by atoms with Crippen LogP contribution in [-0.4, -0.2) is 27.3 Å². The number of rotatable bonds is 8. The number of anilines is 1. The van der Waals surface area contributed by atoms with Crippen molar-refractivity contribution in [3.63, 3.8) is 0 Å². The van der Waals surface area contributed by atoms with Crippen molar-refractivity contribution in [3.05, 3.63) is 95.8 Å². The number of benzene rings is 4. The molecular weight excluding hydrogens is 503 g/mol. The molecule has 5 nitrogen and oxygen atoms in total. The van der Waals surface area contributed by atoms with Gasteiger partial charge >= 0.3 is 0 Å².